The second kappa shape index (κ2) is 6.06. The number of carbonyl (C=O) groups excluding carboxylic acids is 2. The molecule has 0 N–H and O–H groups in total. The first-order valence-electron chi connectivity index (χ1n) is 7.51. The summed E-state index contributed by atoms with van der Waals surface area (Å²) in [5.74, 6) is -2.15. The van der Waals surface area contributed by atoms with Crippen LogP contribution in [0.3, 0.4) is 0 Å². The second-order valence-corrected chi connectivity index (χ2v) is 5.94. The van der Waals surface area contributed by atoms with Crippen molar-refractivity contribution in [3.63, 3.8) is 0 Å². The Bertz CT molecular complexity index is 657. The molecule has 2 amide bonds. The van der Waals surface area contributed by atoms with Crippen LogP contribution in [0.2, 0.25) is 0 Å². The topological polar surface area (TPSA) is 53.0 Å². The van der Waals surface area contributed by atoms with Crippen LogP contribution >= 0.6 is 0 Å². The minimum absolute atomic E-state index is 0.0777. The minimum atomic E-state index is -0.686. The van der Waals surface area contributed by atoms with Gasteiger partial charge in [0.15, 0.2) is 0 Å². The Morgan fingerprint density at radius 1 is 1.26 bits per heavy atom. The van der Waals surface area contributed by atoms with Crippen molar-refractivity contribution < 1.29 is 18.4 Å². The van der Waals surface area contributed by atoms with Crippen LogP contribution in [0.5, 0.6) is 0 Å². The normalized spacial score (nSPS) is 24.4. The Kier molecular flexibility index (Phi) is 4.11. The Balaban J connectivity index is 1.79. The first kappa shape index (κ1) is 15.6. The molecule has 0 saturated carbocycles. The van der Waals surface area contributed by atoms with Crippen molar-refractivity contribution >= 4 is 18.0 Å². The number of likely N-dealkylation sites (tertiary alicyclic amines) is 1. The van der Waals surface area contributed by atoms with Crippen LogP contribution in [0.15, 0.2) is 23.3 Å². The van der Waals surface area contributed by atoms with Crippen molar-refractivity contribution in [1.82, 2.24) is 9.91 Å². The van der Waals surface area contributed by atoms with Crippen molar-refractivity contribution in [2.45, 2.75) is 25.3 Å². The van der Waals surface area contributed by atoms with Gasteiger partial charge < -0.3 is 4.90 Å². The SMILES string of the molecule is CN1CC[C@H](C(=O)N2N=CC[C@H]2c2cc(F)cc(F)c2)CC1=O. The molecule has 122 valence electrons. The molecule has 7 heteroatoms. The highest BCUT2D eigenvalue weighted by atomic mass is 19.1. The van der Waals surface area contributed by atoms with Gasteiger partial charge in [-0.25, -0.2) is 13.8 Å². The van der Waals surface area contributed by atoms with Gasteiger partial charge in [-0.15, -0.1) is 0 Å². The molecule has 0 radical (unpaired) electrons. The van der Waals surface area contributed by atoms with Gasteiger partial charge in [0.05, 0.1) is 12.0 Å². The number of piperidine rings is 1. The van der Waals surface area contributed by atoms with Crippen molar-refractivity contribution in [1.29, 1.82) is 0 Å². The monoisotopic (exact) mass is 321 g/mol. The Labute approximate surface area is 132 Å². The Morgan fingerprint density at radius 3 is 2.61 bits per heavy atom. The minimum Gasteiger partial charge on any atom is -0.346 e. The van der Waals surface area contributed by atoms with E-state index in [1.165, 1.54) is 17.1 Å². The van der Waals surface area contributed by atoms with Gasteiger partial charge in [-0.2, -0.15) is 5.10 Å². The zero-order valence-electron chi connectivity index (χ0n) is 12.7. The van der Waals surface area contributed by atoms with E-state index in [1.807, 2.05) is 0 Å². The van der Waals surface area contributed by atoms with Gasteiger partial charge >= 0.3 is 0 Å². The summed E-state index contributed by atoms with van der Waals surface area (Å²) < 4.78 is 26.8. The molecule has 5 nitrogen and oxygen atoms in total. The van der Waals surface area contributed by atoms with E-state index in [0.717, 1.165) is 6.07 Å². The second-order valence-electron chi connectivity index (χ2n) is 5.94. The molecule has 2 aliphatic heterocycles. The van der Waals surface area contributed by atoms with Gasteiger partial charge in [-0.05, 0) is 24.1 Å². The molecule has 0 aromatic heterocycles. The zero-order chi connectivity index (χ0) is 16.6. The fraction of sp³-hybridized carbons (Fsp3) is 0.438. The summed E-state index contributed by atoms with van der Waals surface area (Å²) in [5, 5.41) is 5.32. The third-order valence-corrected chi connectivity index (χ3v) is 4.33. The molecule has 0 spiro atoms. The van der Waals surface area contributed by atoms with Gasteiger partial charge in [-0.3, -0.25) is 9.59 Å². The van der Waals surface area contributed by atoms with Crippen LogP contribution < -0.4 is 0 Å². The molecule has 1 saturated heterocycles. The lowest BCUT2D eigenvalue weighted by atomic mass is 9.94. The lowest BCUT2D eigenvalue weighted by Gasteiger charge is -2.31. The molecule has 2 aliphatic rings. The molecular weight excluding hydrogens is 304 g/mol. The van der Waals surface area contributed by atoms with E-state index < -0.39 is 23.6 Å². The quantitative estimate of drug-likeness (QED) is 0.837. The molecule has 1 aromatic rings. The van der Waals surface area contributed by atoms with Crippen molar-refractivity contribution in [3.8, 4) is 0 Å². The highest BCUT2D eigenvalue weighted by Crippen LogP contribution is 2.32. The van der Waals surface area contributed by atoms with E-state index >= 15 is 0 Å². The Hall–Kier alpha value is -2.31. The van der Waals surface area contributed by atoms with Gasteiger partial charge in [0.1, 0.15) is 11.6 Å². The van der Waals surface area contributed by atoms with Crippen molar-refractivity contribution in [2.24, 2.45) is 11.0 Å². The maximum absolute atomic E-state index is 13.4. The maximum Gasteiger partial charge on any atom is 0.246 e. The van der Waals surface area contributed by atoms with Crippen molar-refractivity contribution in [2.75, 3.05) is 13.6 Å². The van der Waals surface area contributed by atoms with Crippen LogP contribution in [0, 0.1) is 17.6 Å². The molecule has 23 heavy (non-hydrogen) atoms. The van der Waals surface area contributed by atoms with Crippen LogP contribution in [0.25, 0.3) is 0 Å². The van der Waals surface area contributed by atoms with Crippen LogP contribution in [0.4, 0.5) is 8.78 Å². The molecule has 1 fully saturated rings. The van der Waals surface area contributed by atoms with Gasteiger partial charge in [0.25, 0.3) is 0 Å². The van der Waals surface area contributed by atoms with Gasteiger partial charge in [-0.1, -0.05) is 0 Å². The molecule has 0 aliphatic carbocycles. The van der Waals surface area contributed by atoms with E-state index in [1.54, 1.807) is 18.2 Å². The number of hydrazone groups is 1. The number of carbonyl (C=O) groups is 2. The first-order valence-corrected chi connectivity index (χ1v) is 7.51. The highest BCUT2D eigenvalue weighted by Gasteiger charge is 2.36. The predicted octanol–water partition coefficient (Wildman–Crippen LogP) is 2.09. The molecule has 3 rings (SSSR count). The van der Waals surface area contributed by atoms with Gasteiger partial charge in [0, 0.05) is 38.7 Å². The number of rotatable bonds is 2. The summed E-state index contributed by atoms with van der Waals surface area (Å²) in [7, 11) is 1.70. The molecule has 2 atom stereocenters. The van der Waals surface area contributed by atoms with Crippen molar-refractivity contribution in [3.05, 3.63) is 35.4 Å². The number of nitrogens with zero attached hydrogens (tertiary/aromatic N) is 3. The largest absolute Gasteiger partial charge is 0.346 e. The highest BCUT2D eigenvalue weighted by molar-refractivity contribution is 5.88. The van der Waals surface area contributed by atoms with Gasteiger partial charge in [0.2, 0.25) is 11.8 Å². The average molecular weight is 321 g/mol. The van der Waals surface area contributed by atoms with Crippen LogP contribution in [-0.2, 0) is 9.59 Å². The van der Waals surface area contributed by atoms with Crippen LogP contribution in [-0.4, -0.2) is 41.5 Å². The lowest BCUT2D eigenvalue weighted by molar-refractivity contribution is -0.145. The summed E-state index contributed by atoms with van der Waals surface area (Å²) in [6.07, 6.45) is 2.67. The molecular formula is C16H17F2N3O2. The summed E-state index contributed by atoms with van der Waals surface area (Å²) in [4.78, 5) is 26.0. The molecule has 2 heterocycles. The average Bonchev–Trinajstić information content (AvgIpc) is 2.98. The smallest absolute Gasteiger partial charge is 0.246 e. The summed E-state index contributed by atoms with van der Waals surface area (Å²) >= 11 is 0. The van der Waals surface area contributed by atoms with E-state index in [2.05, 4.69) is 5.10 Å². The number of halogens is 2. The summed E-state index contributed by atoms with van der Waals surface area (Å²) in [6.45, 7) is 0.520. The first-order chi connectivity index (χ1) is 11.0. The summed E-state index contributed by atoms with van der Waals surface area (Å²) in [5.41, 5.74) is 0.368. The number of benzene rings is 1. The van der Waals surface area contributed by atoms with E-state index in [-0.39, 0.29) is 18.2 Å². The van der Waals surface area contributed by atoms with E-state index in [4.69, 9.17) is 0 Å². The fourth-order valence-corrected chi connectivity index (χ4v) is 3.01. The lowest BCUT2D eigenvalue weighted by Crippen LogP contribution is -2.42. The molecule has 0 unspecified atom stereocenters. The maximum atomic E-state index is 13.4. The molecule has 1 aromatic carbocycles. The third-order valence-electron chi connectivity index (χ3n) is 4.33. The van der Waals surface area contributed by atoms with E-state index in [9.17, 15) is 18.4 Å². The fourth-order valence-electron chi connectivity index (χ4n) is 3.01. The molecule has 0 bridgehead atoms. The predicted molar refractivity (Wildman–Crippen MR) is 79.4 cm³/mol. The number of hydrogen-bond acceptors (Lipinski definition) is 3. The standard InChI is InChI=1S/C16H17F2N3O2/c1-20-5-3-10(8-15(20)22)16(23)21-14(2-4-19-21)11-6-12(17)9-13(18)7-11/h4,6-7,9-10,14H,2-3,5,8H2,1H3/t10-,14-/m0/s1. The number of hydrogen-bond donors (Lipinski definition) is 0. The van der Waals surface area contributed by atoms with E-state index in [0.29, 0.717) is 24.9 Å². The third kappa shape index (κ3) is 3.09. The number of amides is 2. The zero-order valence-corrected chi connectivity index (χ0v) is 12.7. The van der Waals surface area contributed by atoms with Crippen LogP contribution in [0.1, 0.15) is 30.9 Å². The Morgan fingerprint density at radius 2 is 1.96 bits per heavy atom. The summed E-state index contributed by atoms with van der Waals surface area (Å²) in [6, 6.07) is 2.69.